The van der Waals surface area contributed by atoms with Crippen LogP contribution in [0.5, 0.6) is 0 Å². The van der Waals surface area contributed by atoms with Gasteiger partial charge in [0.1, 0.15) is 5.78 Å². The minimum absolute atomic E-state index is 0.0357. The van der Waals surface area contributed by atoms with Crippen molar-refractivity contribution in [1.82, 2.24) is 0 Å². The summed E-state index contributed by atoms with van der Waals surface area (Å²) < 4.78 is 0. The molecule has 78 valence electrons. The van der Waals surface area contributed by atoms with Gasteiger partial charge in [-0.3, -0.25) is 9.59 Å². The van der Waals surface area contributed by atoms with Crippen LogP contribution in [0.3, 0.4) is 0 Å². The zero-order valence-corrected chi connectivity index (χ0v) is 10.2. The number of rotatable bonds is 0. The van der Waals surface area contributed by atoms with Crippen molar-refractivity contribution in [3.63, 3.8) is 0 Å². The second-order valence-corrected chi connectivity index (χ2v) is 6.06. The van der Waals surface area contributed by atoms with Gasteiger partial charge < -0.3 is 0 Å². The third-order valence-corrected chi connectivity index (χ3v) is 5.29. The highest BCUT2D eigenvalue weighted by molar-refractivity contribution is 9.10. The molecule has 2 aliphatic rings. The first-order chi connectivity index (χ1) is 6.42. The zero-order chi connectivity index (χ0) is 10.6. The van der Waals surface area contributed by atoms with Crippen molar-refractivity contribution in [2.24, 2.45) is 10.8 Å². The summed E-state index contributed by atoms with van der Waals surface area (Å²) in [6.45, 7) is 3.94. The van der Waals surface area contributed by atoms with Gasteiger partial charge in [-0.15, -0.1) is 0 Å². The summed E-state index contributed by atoms with van der Waals surface area (Å²) >= 11 is 3.41. The first-order valence-corrected chi connectivity index (χ1v) is 6.05. The van der Waals surface area contributed by atoms with Gasteiger partial charge in [-0.25, -0.2) is 0 Å². The third kappa shape index (κ3) is 1.02. The maximum absolute atomic E-state index is 12.1. The molecule has 2 nitrogen and oxygen atoms in total. The Labute approximate surface area is 92.6 Å². The molecule has 0 aromatic heterocycles. The smallest absolute Gasteiger partial charge is 0.153 e. The Morgan fingerprint density at radius 2 is 1.86 bits per heavy atom. The van der Waals surface area contributed by atoms with E-state index in [1.807, 2.05) is 13.8 Å². The summed E-state index contributed by atoms with van der Waals surface area (Å²) in [5.41, 5.74) is -0.787. The van der Waals surface area contributed by atoms with Gasteiger partial charge in [-0.1, -0.05) is 29.8 Å². The van der Waals surface area contributed by atoms with Gasteiger partial charge in [0.15, 0.2) is 5.78 Å². The van der Waals surface area contributed by atoms with Crippen molar-refractivity contribution in [3.05, 3.63) is 0 Å². The van der Waals surface area contributed by atoms with Crippen LogP contribution in [0, 0.1) is 10.8 Å². The van der Waals surface area contributed by atoms with E-state index in [9.17, 15) is 9.59 Å². The van der Waals surface area contributed by atoms with E-state index in [1.165, 1.54) is 0 Å². The topological polar surface area (TPSA) is 34.1 Å². The predicted molar refractivity (Wildman–Crippen MR) is 57.4 cm³/mol. The molecule has 0 heterocycles. The van der Waals surface area contributed by atoms with Crippen molar-refractivity contribution >= 4 is 27.5 Å². The van der Waals surface area contributed by atoms with Crippen LogP contribution >= 0.6 is 15.9 Å². The van der Waals surface area contributed by atoms with E-state index in [0.29, 0.717) is 6.42 Å². The molecular weight excluding hydrogens is 244 g/mol. The molecule has 3 heteroatoms. The van der Waals surface area contributed by atoms with E-state index in [1.54, 1.807) is 0 Å². The molecule has 14 heavy (non-hydrogen) atoms. The minimum Gasteiger partial charge on any atom is -0.299 e. The van der Waals surface area contributed by atoms with E-state index in [4.69, 9.17) is 0 Å². The minimum atomic E-state index is -0.406. The fourth-order valence-corrected chi connectivity index (χ4v) is 3.66. The molecule has 0 amide bonds. The first-order valence-electron chi connectivity index (χ1n) is 5.13. The Kier molecular flexibility index (Phi) is 2.15. The molecule has 3 atom stereocenters. The van der Waals surface area contributed by atoms with E-state index in [0.717, 1.165) is 19.3 Å². The largest absolute Gasteiger partial charge is 0.299 e. The molecule has 0 bridgehead atoms. The fraction of sp³-hybridized carbons (Fsp3) is 0.818. The number of fused-ring (bicyclic) bond motifs is 1. The van der Waals surface area contributed by atoms with Crippen LogP contribution in [0.15, 0.2) is 0 Å². The van der Waals surface area contributed by atoms with Crippen LogP contribution in [0.25, 0.3) is 0 Å². The van der Waals surface area contributed by atoms with E-state index < -0.39 is 5.41 Å². The first kappa shape index (κ1) is 10.3. The van der Waals surface area contributed by atoms with E-state index in [-0.39, 0.29) is 21.8 Å². The highest BCUT2D eigenvalue weighted by Crippen LogP contribution is 2.57. The fourth-order valence-electron chi connectivity index (χ4n) is 2.93. The Balaban J connectivity index is 2.45. The van der Waals surface area contributed by atoms with Gasteiger partial charge in [-0.2, -0.15) is 0 Å². The summed E-state index contributed by atoms with van der Waals surface area (Å²) in [4.78, 5) is 23.9. The van der Waals surface area contributed by atoms with Gasteiger partial charge in [0.25, 0.3) is 0 Å². The number of halogens is 1. The Bertz CT molecular complexity index is 312. The second-order valence-electron chi connectivity index (χ2n) is 4.96. The summed E-state index contributed by atoms with van der Waals surface area (Å²) in [6.07, 6.45) is 2.97. The van der Waals surface area contributed by atoms with E-state index >= 15 is 0 Å². The lowest BCUT2D eigenvalue weighted by Crippen LogP contribution is -2.50. The molecule has 0 aromatic rings. The number of ketones is 2. The van der Waals surface area contributed by atoms with Crippen molar-refractivity contribution < 1.29 is 9.59 Å². The normalized spacial score (nSPS) is 48.1. The van der Waals surface area contributed by atoms with Gasteiger partial charge in [-0.05, 0) is 19.3 Å². The number of hydrogen-bond acceptors (Lipinski definition) is 2. The maximum atomic E-state index is 12.1. The molecule has 0 saturated heterocycles. The molecule has 2 aliphatic carbocycles. The summed E-state index contributed by atoms with van der Waals surface area (Å²) in [7, 11) is 0. The lowest BCUT2D eigenvalue weighted by Gasteiger charge is -2.44. The molecular formula is C11H15BrO2. The van der Waals surface area contributed by atoms with Crippen LogP contribution in [0.4, 0.5) is 0 Å². The van der Waals surface area contributed by atoms with E-state index in [2.05, 4.69) is 15.9 Å². The standard InChI is InChI=1S/C11H15BrO2/c1-10-5-3-7(12)9(14)11(10,2)6-4-8(10)13/h7H,3-6H2,1-2H3. The van der Waals surface area contributed by atoms with Crippen molar-refractivity contribution in [2.45, 2.75) is 44.4 Å². The number of carbonyl (C=O) groups excluding carboxylic acids is 2. The molecule has 2 rings (SSSR count). The number of alkyl halides is 1. The number of Topliss-reactive ketones (excluding diaryl/α,β-unsaturated/α-hetero) is 2. The number of hydrogen-bond donors (Lipinski definition) is 0. The Hall–Kier alpha value is -0.180. The molecule has 3 unspecified atom stereocenters. The highest BCUT2D eigenvalue weighted by atomic mass is 79.9. The quantitative estimate of drug-likeness (QED) is 0.626. The second kappa shape index (κ2) is 2.91. The Morgan fingerprint density at radius 1 is 1.21 bits per heavy atom. The molecule has 0 aliphatic heterocycles. The van der Waals surface area contributed by atoms with Crippen LogP contribution < -0.4 is 0 Å². The van der Waals surface area contributed by atoms with Crippen LogP contribution in [-0.4, -0.2) is 16.4 Å². The maximum Gasteiger partial charge on any atom is 0.153 e. The van der Waals surface area contributed by atoms with Gasteiger partial charge >= 0.3 is 0 Å². The third-order valence-electron chi connectivity index (χ3n) is 4.41. The molecule has 2 fully saturated rings. The average Bonchev–Trinajstić information content (AvgIpc) is 2.39. The average molecular weight is 259 g/mol. The van der Waals surface area contributed by atoms with Crippen LogP contribution in [0.1, 0.15) is 39.5 Å². The summed E-state index contributed by atoms with van der Waals surface area (Å²) in [6, 6.07) is 0. The molecule has 0 spiro atoms. The van der Waals surface area contributed by atoms with Gasteiger partial charge in [0.05, 0.1) is 4.83 Å². The SMILES string of the molecule is CC12CCC(Br)C(=O)C1(C)CCC2=O. The molecule has 0 aromatic carbocycles. The Morgan fingerprint density at radius 3 is 2.50 bits per heavy atom. The van der Waals surface area contributed by atoms with Crippen molar-refractivity contribution in [3.8, 4) is 0 Å². The van der Waals surface area contributed by atoms with Crippen LogP contribution in [-0.2, 0) is 9.59 Å². The lowest BCUT2D eigenvalue weighted by atomic mass is 9.59. The number of carbonyl (C=O) groups is 2. The lowest BCUT2D eigenvalue weighted by molar-refractivity contribution is -0.144. The monoisotopic (exact) mass is 258 g/mol. The zero-order valence-electron chi connectivity index (χ0n) is 8.60. The van der Waals surface area contributed by atoms with Crippen LogP contribution in [0.2, 0.25) is 0 Å². The molecule has 2 saturated carbocycles. The molecule has 0 radical (unpaired) electrons. The predicted octanol–water partition coefficient (Wildman–Crippen LogP) is 2.49. The summed E-state index contributed by atoms with van der Waals surface area (Å²) in [5, 5.41) is 0. The van der Waals surface area contributed by atoms with Gasteiger partial charge in [0.2, 0.25) is 0 Å². The summed E-state index contributed by atoms with van der Waals surface area (Å²) in [5.74, 6) is 0.518. The molecule has 0 N–H and O–H groups in total. The van der Waals surface area contributed by atoms with Crippen molar-refractivity contribution in [2.75, 3.05) is 0 Å². The van der Waals surface area contributed by atoms with Gasteiger partial charge in [0, 0.05) is 17.3 Å². The highest BCUT2D eigenvalue weighted by Gasteiger charge is 2.61. The van der Waals surface area contributed by atoms with Crippen molar-refractivity contribution in [1.29, 1.82) is 0 Å².